The fourth-order valence-electron chi connectivity index (χ4n) is 0.175. The van der Waals surface area contributed by atoms with E-state index in [0.717, 1.165) is 0 Å². The third-order valence-corrected chi connectivity index (χ3v) is 13.7. The van der Waals surface area contributed by atoms with Crippen LogP contribution in [0.15, 0.2) is 0 Å². The molecule has 1 aliphatic heterocycles. The van der Waals surface area contributed by atoms with Gasteiger partial charge in [-0.3, -0.25) is 0 Å². The molecule has 2 unspecified atom stereocenters. The van der Waals surface area contributed by atoms with Crippen molar-refractivity contribution in [3.05, 3.63) is 0 Å². The van der Waals surface area contributed by atoms with Crippen LogP contribution in [0, 0.1) is 0 Å². The lowest BCUT2D eigenvalue weighted by molar-refractivity contribution is 0.520. The predicted molar refractivity (Wildman–Crippen MR) is 27.5 cm³/mol. The molecule has 1 saturated heterocycles. The molecule has 1 N–H and O–H groups in total. The van der Waals surface area contributed by atoms with Gasteiger partial charge in [-0.2, -0.15) is 0 Å². The zero-order chi connectivity index (χ0) is 3.86. The second kappa shape index (κ2) is 1.02. The monoisotopic (exact) mass is 122 g/mol. The van der Waals surface area contributed by atoms with Gasteiger partial charge >= 0.3 is 8.80 Å². The molecule has 0 amide bonds. The first-order valence-electron chi connectivity index (χ1n) is 1.64. The van der Waals surface area contributed by atoms with E-state index in [1.807, 2.05) is 0 Å². The number of hydrogen-bond acceptors (Lipinski definition) is 2. The maximum Gasteiger partial charge on any atom is 0.311 e. The molecule has 30 valence electrons. The van der Waals surface area contributed by atoms with Gasteiger partial charge in [0.25, 0.3) is 0 Å². The molecule has 0 spiro atoms. The fraction of sp³-hybridized carbons (Fsp3) is 0. The summed E-state index contributed by atoms with van der Waals surface area (Å²) in [6.45, 7) is 0. The van der Waals surface area contributed by atoms with Crippen LogP contribution in [0.5, 0.6) is 0 Å². The first kappa shape index (κ1) is 3.75. The normalized spacial score (nSPS) is 49.8. The molecule has 0 aliphatic carbocycles. The maximum absolute atomic E-state index is 8.45. The molecule has 1 fully saturated rings. The third kappa shape index (κ3) is 0.700. The van der Waals surface area contributed by atoms with Crippen LogP contribution in [0.4, 0.5) is 0 Å². The van der Waals surface area contributed by atoms with Gasteiger partial charge in [-0.25, -0.2) is 0 Å². The lowest BCUT2D eigenvalue weighted by atomic mass is 15.8. The SMILES string of the molecule is O[SiH]1O[SiH]1[SiH3]. The Morgan fingerprint density at radius 3 is 2.00 bits per heavy atom. The molecule has 0 bridgehead atoms. The van der Waals surface area contributed by atoms with Crippen LogP contribution in [-0.2, 0) is 4.12 Å². The van der Waals surface area contributed by atoms with E-state index in [9.17, 15) is 0 Å². The van der Waals surface area contributed by atoms with E-state index in [4.69, 9.17) is 8.91 Å². The maximum atomic E-state index is 8.45. The molecular weight excluding hydrogens is 116 g/mol. The highest BCUT2D eigenvalue weighted by Crippen LogP contribution is 2.01. The Kier molecular flexibility index (Phi) is 0.763. The van der Waals surface area contributed by atoms with Crippen LogP contribution in [0.1, 0.15) is 0 Å². The van der Waals surface area contributed by atoms with Crippen molar-refractivity contribution in [1.82, 2.24) is 0 Å². The van der Waals surface area contributed by atoms with E-state index in [-0.39, 0.29) is 0 Å². The zero-order valence-corrected chi connectivity index (χ0v) is 7.32. The van der Waals surface area contributed by atoms with Crippen molar-refractivity contribution in [2.24, 2.45) is 0 Å². The predicted octanol–water partition coefficient (Wildman–Crippen LogP) is -3.11. The van der Waals surface area contributed by atoms with Crippen molar-refractivity contribution in [3.8, 4) is 0 Å². The van der Waals surface area contributed by atoms with E-state index < -0.39 is 16.9 Å². The summed E-state index contributed by atoms with van der Waals surface area (Å²) in [5.41, 5.74) is 0. The molecule has 1 aliphatic rings. The topological polar surface area (TPSA) is 32.8 Å². The largest absolute Gasteiger partial charge is 0.442 e. The highest BCUT2D eigenvalue weighted by atomic mass is 29.6. The molecule has 5 heavy (non-hydrogen) atoms. The lowest BCUT2D eigenvalue weighted by Gasteiger charge is -1.54. The summed E-state index contributed by atoms with van der Waals surface area (Å²) < 4.78 is 4.81. The molecule has 5 heteroatoms. The Hall–Kier alpha value is 0.571. The summed E-state index contributed by atoms with van der Waals surface area (Å²) >= 11 is 0. The molecule has 2 nitrogen and oxygen atoms in total. The third-order valence-electron chi connectivity index (χ3n) is 0.679. The Bertz CT molecular complexity index is 38.2. The summed E-state index contributed by atoms with van der Waals surface area (Å²) in [5, 5.41) is 0. The molecule has 0 aromatic rings. The first-order valence-corrected chi connectivity index (χ1v) is 10.4. The van der Waals surface area contributed by atoms with Gasteiger partial charge in [0, 0.05) is 9.76 Å². The van der Waals surface area contributed by atoms with Crippen LogP contribution in [0.3, 0.4) is 0 Å². The quantitative estimate of drug-likeness (QED) is 0.273. The molecule has 0 aromatic carbocycles. The van der Waals surface area contributed by atoms with Crippen LogP contribution < -0.4 is 0 Å². The van der Waals surface area contributed by atoms with Crippen LogP contribution in [-0.4, -0.2) is 31.4 Å². The van der Waals surface area contributed by atoms with Gasteiger partial charge in [-0.05, 0) is 0 Å². The molecular formula is H6O2Si3. The van der Waals surface area contributed by atoms with Gasteiger partial charge in [0.2, 0.25) is 0 Å². The first-order chi connectivity index (χ1) is 2.30. The van der Waals surface area contributed by atoms with E-state index in [1.165, 1.54) is 9.76 Å². The highest BCUT2D eigenvalue weighted by Gasteiger charge is 2.36. The minimum absolute atomic E-state index is 0.650. The van der Waals surface area contributed by atoms with Crippen molar-refractivity contribution in [3.63, 3.8) is 0 Å². The van der Waals surface area contributed by atoms with Crippen LogP contribution in [0.25, 0.3) is 0 Å². The van der Waals surface area contributed by atoms with Crippen molar-refractivity contribution in [2.45, 2.75) is 0 Å². The van der Waals surface area contributed by atoms with Gasteiger partial charge in [0.15, 0.2) is 8.08 Å². The second-order valence-electron chi connectivity index (χ2n) is 1.23. The number of hydrogen-bond donors (Lipinski definition) is 1. The Morgan fingerprint density at radius 1 is 1.80 bits per heavy atom. The van der Waals surface area contributed by atoms with Crippen molar-refractivity contribution in [2.75, 3.05) is 0 Å². The summed E-state index contributed by atoms with van der Waals surface area (Å²) in [4.78, 5) is 8.45. The number of rotatable bonds is 0. The molecule has 1 heterocycles. The minimum Gasteiger partial charge on any atom is -0.442 e. The molecule has 2 atom stereocenters. The summed E-state index contributed by atoms with van der Waals surface area (Å²) in [6.07, 6.45) is 0. The summed E-state index contributed by atoms with van der Waals surface area (Å²) in [7, 11) is -0.760. The molecule has 1 rings (SSSR count). The molecule has 0 radical (unpaired) electrons. The van der Waals surface area contributed by atoms with E-state index in [1.54, 1.807) is 0 Å². The van der Waals surface area contributed by atoms with Gasteiger partial charge in [-0.1, -0.05) is 0 Å². The standard InChI is InChI=1S/H6O2Si3/c1-4-2-5(4)3/h1,4-5H,3H3. The van der Waals surface area contributed by atoms with Crippen molar-refractivity contribution in [1.29, 1.82) is 0 Å². The average Bonchev–Trinajstić information content (AvgIpc) is 1.79. The van der Waals surface area contributed by atoms with Crippen molar-refractivity contribution >= 4 is 26.6 Å². The second-order valence-corrected chi connectivity index (χ2v) is 16.5. The average molecular weight is 122 g/mol. The Balaban J connectivity index is 2.20. The van der Waals surface area contributed by atoms with Crippen LogP contribution in [0.2, 0.25) is 0 Å². The van der Waals surface area contributed by atoms with Crippen molar-refractivity contribution < 1.29 is 8.91 Å². The Labute approximate surface area is 36.3 Å². The molecule has 0 saturated carbocycles. The molecule has 0 aromatic heterocycles. The van der Waals surface area contributed by atoms with E-state index in [2.05, 4.69) is 0 Å². The van der Waals surface area contributed by atoms with Gasteiger partial charge in [0.1, 0.15) is 0 Å². The summed E-state index contributed by atoms with van der Waals surface area (Å²) in [6, 6.07) is 0. The van der Waals surface area contributed by atoms with Gasteiger partial charge in [-0.15, -0.1) is 0 Å². The smallest absolute Gasteiger partial charge is 0.311 e. The lowest BCUT2D eigenvalue weighted by Crippen LogP contribution is -1.99. The zero-order valence-electron chi connectivity index (χ0n) is 3.01. The highest BCUT2D eigenvalue weighted by molar-refractivity contribution is 7.46. The Morgan fingerprint density at radius 2 is 2.00 bits per heavy atom. The van der Waals surface area contributed by atoms with Gasteiger partial charge < -0.3 is 8.91 Å². The minimum atomic E-state index is -1.28. The fourth-order valence-corrected chi connectivity index (χ4v) is 8.96. The van der Waals surface area contributed by atoms with Gasteiger partial charge in [0.05, 0.1) is 0 Å². The van der Waals surface area contributed by atoms with E-state index >= 15 is 0 Å². The summed E-state index contributed by atoms with van der Waals surface area (Å²) in [5.74, 6) is 0. The van der Waals surface area contributed by atoms with Crippen LogP contribution >= 0.6 is 0 Å². The van der Waals surface area contributed by atoms with E-state index in [0.29, 0.717) is 0 Å².